The summed E-state index contributed by atoms with van der Waals surface area (Å²) < 4.78 is 5.45. The van der Waals surface area contributed by atoms with E-state index in [0.29, 0.717) is 17.5 Å². The number of ether oxygens (including phenoxy) is 1. The molecule has 92 valence electrons. The number of fused-ring (bicyclic) bond motifs is 1. The molecule has 0 amide bonds. The minimum absolute atomic E-state index is 0.268. The Balaban J connectivity index is 1.92. The first-order valence-corrected chi connectivity index (χ1v) is 6.07. The highest BCUT2D eigenvalue weighted by Crippen LogP contribution is 2.30. The summed E-state index contributed by atoms with van der Waals surface area (Å²) >= 11 is 0. The van der Waals surface area contributed by atoms with Crippen LogP contribution in [0, 0.1) is 11.3 Å². The Labute approximate surface area is 111 Å². The van der Waals surface area contributed by atoms with Gasteiger partial charge in [0.05, 0.1) is 17.2 Å². The van der Waals surface area contributed by atoms with Gasteiger partial charge in [0.2, 0.25) is 0 Å². The number of carbonyl (C=O) groups excluding carboxylic acids is 1. The van der Waals surface area contributed by atoms with E-state index in [1.54, 1.807) is 18.2 Å². The summed E-state index contributed by atoms with van der Waals surface area (Å²) in [6.07, 6.45) is 0.406. The smallest absolute Gasteiger partial charge is 0.339 e. The Bertz CT molecular complexity index is 668. The molecule has 0 radical (unpaired) electrons. The van der Waals surface area contributed by atoms with E-state index in [9.17, 15) is 4.79 Å². The highest BCUT2D eigenvalue weighted by molar-refractivity contribution is 5.92. The normalized spacial score (nSPS) is 17.2. The minimum atomic E-state index is -0.281. The lowest BCUT2D eigenvalue weighted by molar-refractivity contribution is 0.0253. The molecule has 0 N–H and O–H groups in total. The van der Waals surface area contributed by atoms with Gasteiger partial charge in [-0.3, -0.25) is 0 Å². The molecule has 0 aliphatic carbocycles. The Hall–Kier alpha value is -2.60. The molecule has 3 nitrogen and oxygen atoms in total. The second-order valence-corrected chi connectivity index (χ2v) is 4.49. The number of nitriles is 1. The van der Waals surface area contributed by atoms with Gasteiger partial charge in [-0.2, -0.15) is 5.26 Å². The molecule has 1 aliphatic heterocycles. The van der Waals surface area contributed by atoms with Crippen molar-refractivity contribution in [1.29, 1.82) is 5.26 Å². The third kappa shape index (κ3) is 2.09. The second-order valence-electron chi connectivity index (χ2n) is 4.49. The molecule has 0 bridgehead atoms. The van der Waals surface area contributed by atoms with Crippen LogP contribution in [0.3, 0.4) is 0 Å². The van der Waals surface area contributed by atoms with Crippen molar-refractivity contribution in [1.82, 2.24) is 0 Å². The fourth-order valence-electron chi connectivity index (χ4n) is 2.29. The minimum Gasteiger partial charge on any atom is -0.454 e. The summed E-state index contributed by atoms with van der Waals surface area (Å²) in [6.45, 7) is 0. The largest absolute Gasteiger partial charge is 0.454 e. The molecule has 1 aliphatic rings. The molecule has 0 saturated carbocycles. The van der Waals surface area contributed by atoms with Gasteiger partial charge in [-0.1, -0.05) is 30.3 Å². The number of hydrogen-bond acceptors (Lipinski definition) is 3. The summed E-state index contributed by atoms with van der Waals surface area (Å²) in [5, 5.41) is 8.78. The van der Waals surface area contributed by atoms with Gasteiger partial charge in [-0.25, -0.2) is 4.79 Å². The zero-order valence-corrected chi connectivity index (χ0v) is 10.2. The summed E-state index contributed by atoms with van der Waals surface area (Å²) in [6, 6.07) is 16.7. The van der Waals surface area contributed by atoms with Crippen molar-refractivity contribution in [2.45, 2.75) is 12.5 Å². The van der Waals surface area contributed by atoms with Crippen LogP contribution >= 0.6 is 0 Å². The number of carbonyl (C=O) groups is 1. The Morgan fingerprint density at radius 2 is 1.84 bits per heavy atom. The zero-order chi connectivity index (χ0) is 13.2. The summed E-state index contributed by atoms with van der Waals surface area (Å²) in [4.78, 5) is 11.9. The quantitative estimate of drug-likeness (QED) is 0.730. The first-order chi connectivity index (χ1) is 9.28. The van der Waals surface area contributed by atoms with Gasteiger partial charge >= 0.3 is 5.97 Å². The van der Waals surface area contributed by atoms with Crippen LogP contribution in [-0.2, 0) is 11.2 Å². The number of esters is 1. The number of hydrogen-bond donors (Lipinski definition) is 0. The summed E-state index contributed by atoms with van der Waals surface area (Å²) in [5.74, 6) is -0.281. The lowest BCUT2D eigenvalue weighted by Gasteiger charge is -2.24. The van der Waals surface area contributed by atoms with Crippen molar-refractivity contribution in [2.75, 3.05) is 0 Å². The van der Waals surface area contributed by atoms with Gasteiger partial charge in [0.25, 0.3) is 0 Å². The number of benzene rings is 2. The van der Waals surface area contributed by atoms with Crippen LogP contribution in [0.4, 0.5) is 0 Å². The Morgan fingerprint density at radius 3 is 2.58 bits per heavy atom. The monoisotopic (exact) mass is 249 g/mol. The number of nitrogens with zero attached hydrogens (tertiary/aromatic N) is 1. The first kappa shape index (κ1) is 11.5. The van der Waals surface area contributed by atoms with E-state index in [-0.39, 0.29) is 12.1 Å². The van der Waals surface area contributed by atoms with Crippen molar-refractivity contribution < 1.29 is 9.53 Å². The SMILES string of the molecule is N#Cc1ccc([C@@H]2Cc3ccccc3C(=O)O2)cc1. The lowest BCUT2D eigenvalue weighted by Crippen LogP contribution is -2.21. The molecule has 1 heterocycles. The van der Waals surface area contributed by atoms with Crippen LogP contribution in [-0.4, -0.2) is 5.97 Å². The van der Waals surface area contributed by atoms with Gasteiger partial charge < -0.3 is 4.74 Å². The summed E-state index contributed by atoms with van der Waals surface area (Å²) in [7, 11) is 0. The van der Waals surface area contributed by atoms with Crippen LogP contribution in [0.1, 0.15) is 33.2 Å². The molecule has 2 aromatic rings. The topological polar surface area (TPSA) is 50.1 Å². The molecule has 3 heteroatoms. The second kappa shape index (κ2) is 4.58. The van der Waals surface area contributed by atoms with Gasteiger partial charge in [0.15, 0.2) is 0 Å². The average Bonchev–Trinajstić information content (AvgIpc) is 2.47. The molecule has 3 rings (SSSR count). The predicted octanol–water partition coefficient (Wildman–Crippen LogP) is 3.01. The molecule has 1 atom stereocenters. The maximum atomic E-state index is 11.9. The average molecular weight is 249 g/mol. The van der Waals surface area contributed by atoms with Crippen molar-refractivity contribution >= 4 is 5.97 Å². The van der Waals surface area contributed by atoms with Crippen molar-refractivity contribution in [3.05, 3.63) is 70.8 Å². The molecular formula is C16H11NO2. The van der Waals surface area contributed by atoms with Gasteiger partial charge in [0, 0.05) is 6.42 Å². The molecule has 0 spiro atoms. The van der Waals surface area contributed by atoms with E-state index < -0.39 is 0 Å². The van der Waals surface area contributed by atoms with E-state index in [0.717, 1.165) is 11.1 Å². The van der Waals surface area contributed by atoms with E-state index in [4.69, 9.17) is 10.00 Å². The Kier molecular flexibility index (Phi) is 2.77. The molecule has 0 fully saturated rings. The van der Waals surface area contributed by atoms with Crippen LogP contribution < -0.4 is 0 Å². The first-order valence-electron chi connectivity index (χ1n) is 6.07. The van der Waals surface area contributed by atoms with E-state index >= 15 is 0 Å². The molecule has 0 unspecified atom stereocenters. The van der Waals surface area contributed by atoms with Crippen LogP contribution in [0.5, 0.6) is 0 Å². The maximum absolute atomic E-state index is 11.9. The van der Waals surface area contributed by atoms with Crippen LogP contribution in [0.25, 0.3) is 0 Å². The lowest BCUT2D eigenvalue weighted by atomic mass is 9.94. The fourth-order valence-corrected chi connectivity index (χ4v) is 2.29. The highest BCUT2D eigenvalue weighted by atomic mass is 16.5. The number of rotatable bonds is 1. The van der Waals surface area contributed by atoms with Crippen molar-refractivity contribution in [2.24, 2.45) is 0 Å². The van der Waals surface area contributed by atoms with Gasteiger partial charge in [0.1, 0.15) is 6.10 Å². The maximum Gasteiger partial charge on any atom is 0.339 e. The third-order valence-corrected chi connectivity index (χ3v) is 3.30. The van der Waals surface area contributed by atoms with Gasteiger partial charge in [-0.05, 0) is 29.3 Å². The molecule has 0 aromatic heterocycles. The van der Waals surface area contributed by atoms with Gasteiger partial charge in [-0.15, -0.1) is 0 Å². The summed E-state index contributed by atoms with van der Waals surface area (Å²) in [5.41, 5.74) is 3.17. The molecule has 19 heavy (non-hydrogen) atoms. The van der Waals surface area contributed by atoms with Crippen LogP contribution in [0.15, 0.2) is 48.5 Å². The Morgan fingerprint density at radius 1 is 1.11 bits per heavy atom. The number of cyclic esters (lactones) is 1. The molecule has 0 saturated heterocycles. The molecular weight excluding hydrogens is 238 g/mol. The predicted molar refractivity (Wildman–Crippen MR) is 69.5 cm³/mol. The van der Waals surface area contributed by atoms with E-state index in [1.807, 2.05) is 30.3 Å². The standard InChI is InChI=1S/C16H11NO2/c17-10-11-5-7-12(8-6-11)15-9-13-3-1-2-4-14(13)16(18)19-15/h1-8,15H,9H2/t15-/m0/s1. The fraction of sp³-hybridized carbons (Fsp3) is 0.125. The van der Waals surface area contributed by atoms with E-state index in [2.05, 4.69) is 6.07 Å². The highest BCUT2D eigenvalue weighted by Gasteiger charge is 2.26. The van der Waals surface area contributed by atoms with Crippen LogP contribution in [0.2, 0.25) is 0 Å². The molecule has 2 aromatic carbocycles. The van der Waals surface area contributed by atoms with Crippen molar-refractivity contribution in [3.63, 3.8) is 0 Å². The zero-order valence-electron chi connectivity index (χ0n) is 10.2. The van der Waals surface area contributed by atoms with Crippen molar-refractivity contribution in [3.8, 4) is 6.07 Å². The van der Waals surface area contributed by atoms with E-state index in [1.165, 1.54) is 0 Å². The third-order valence-electron chi connectivity index (χ3n) is 3.30.